The fourth-order valence-corrected chi connectivity index (χ4v) is 4.17. The molecular formula is C21H22O4. The topological polar surface area (TPSA) is 55.8 Å². The molecule has 0 radical (unpaired) electrons. The summed E-state index contributed by atoms with van der Waals surface area (Å²) in [6, 6.07) is 14.0. The molecule has 2 aromatic carbocycles. The first-order valence-corrected chi connectivity index (χ1v) is 8.74. The Hall–Kier alpha value is -2.49. The summed E-state index contributed by atoms with van der Waals surface area (Å²) >= 11 is 0. The predicted octanol–water partition coefficient (Wildman–Crippen LogP) is 3.95. The second-order valence-electron chi connectivity index (χ2n) is 7.06. The van der Waals surface area contributed by atoms with E-state index in [1.165, 1.54) is 11.1 Å². The molecule has 4 rings (SSSR count). The summed E-state index contributed by atoms with van der Waals surface area (Å²) < 4.78 is 11.1. The highest BCUT2D eigenvalue weighted by Gasteiger charge is 2.60. The monoisotopic (exact) mass is 338 g/mol. The molecule has 0 saturated heterocycles. The molecule has 2 atom stereocenters. The number of aliphatic carboxylic acids is 1. The molecule has 1 N–H and O–H groups in total. The van der Waals surface area contributed by atoms with Gasteiger partial charge < -0.3 is 14.6 Å². The molecule has 0 bridgehead atoms. The smallest absolute Gasteiger partial charge is 0.307 e. The fourth-order valence-electron chi connectivity index (χ4n) is 4.17. The highest BCUT2D eigenvalue weighted by molar-refractivity contribution is 5.77. The van der Waals surface area contributed by atoms with Crippen LogP contribution < -0.4 is 9.47 Å². The standard InChI is InChI=1S/C21H22O4/c1-24-16-6-4-14(5-7-16)13-25-17-8-9-18-15(11-17)3-2-10-21(18)12-19(21)20(22)23/h4-9,11,19H,2-3,10,12-13H2,1H3,(H,22,23). The van der Waals surface area contributed by atoms with Crippen molar-refractivity contribution < 1.29 is 19.4 Å². The average molecular weight is 338 g/mol. The summed E-state index contributed by atoms with van der Waals surface area (Å²) in [5, 5.41) is 9.36. The second-order valence-corrected chi connectivity index (χ2v) is 7.06. The van der Waals surface area contributed by atoms with Crippen LogP contribution in [0.25, 0.3) is 0 Å². The molecule has 2 aromatic rings. The summed E-state index contributed by atoms with van der Waals surface area (Å²) in [5.74, 6) is 0.810. The van der Waals surface area contributed by atoms with E-state index in [0.717, 1.165) is 42.7 Å². The van der Waals surface area contributed by atoms with Crippen molar-refractivity contribution in [3.63, 3.8) is 0 Å². The van der Waals surface area contributed by atoms with Crippen LogP contribution in [0.4, 0.5) is 0 Å². The Morgan fingerprint density at radius 2 is 1.96 bits per heavy atom. The zero-order chi connectivity index (χ0) is 17.4. The number of ether oxygens (including phenoxy) is 2. The van der Waals surface area contributed by atoms with Crippen molar-refractivity contribution in [3.8, 4) is 11.5 Å². The van der Waals surface area contributed by atoms with E-state index >= 15 is 0 Å². The van der Waals surface area contributed by atoms with Gasteiger partial charge in [0.1, 0.15) is 18.1 Å². The van der Waals surface area contributed by atoms with E-state index < -0.39 is 5.97 Å². The molecule has 0 amide bonds. The highest BCUT2D eigenvalue weighted by Crippen LogP contribution is 2.60. The molecule has 2 aliphatic rings. The Kier molecular flexibility index (Phi) is 3.91. The number of carbonyl (C=O) groups is 1. The molecule has 1 spiro atoms. The van der Waals surface area contributed by atoms with Crippen LogP contribution in [0.2, 0.25) is 0 Å². The van der Waals surface area contributed by atoms with Crippen LogP contribution in [-0.2, 0) is 23.2 Å². The van der Waals surface area contributed by atoms with Gasteiger partial charge in [0, 0.05) is 5.41 Å². The van der Waals surface area contributed by atoms with Crippen molar-refractivity contribution in [2.24, 2.45) is 5.92 Å². The van der Waals surface area contributed by atoms with Crippen LogP contribution in [-0.4, -0.2) is 18.2 Å². The molecule has 130 valence electrons. The van der Waals surface area contributed by atoms with Crippen molar-refractivity contribution in [1.29, 1.82) is 0 Å². The molecule has 25 heavy (non-hydrogen) atoms. The minimum absolute atomic E-state index is 0.117. The Labute approximate surface area is 147 Å². The molecule has 4 heteroatoms. The number of hydrogen-bond acceptors (Lipinski definition) is 3. The largest absolute Gasteiger partial charge is 0.497 e. The lowest BCUT2D eigenvalue weighted by molar-refractivity contribution is -0.139. The first-order valence-electron chi connectivity index (χ1n) is 8.74. The van der Waals surface area contributed by atoms with Gasteiger partial charge in [-0.25, -0.2) is 0 Å². The van der Waals surface area contributed by atoms with E-state index in [-0.39, 0.29) is 11.3 Å². The Morgan fingerprint density at radius 1 is 1.20 bits per heavy atom. The van der Waals surface area contributed by atoms with Gasteiger partial charge in [-0.3, -0.25) is 4.79 Å². The van der Waals surface area contributed by atoms with Gasteiger partial charge in [0.05, 0.1) is 13.0 Å². The number of hydrogen-bond donors (Lipinski definition) is 1. The van der Waals surface area contributed by atoms with E-state index in [1.807, 2.05) is 30.3 Å². The van der Waals surface area contributed by atoms with E-state index in [9.17, 15) is 9.90 Å². The van der Waals surface area contributed by atoms with Gasteiger partial charge in [-0.2, -0.15) is 0 Å². The molecule has 2 unspecified atom stereocenters. The van der Waals surface area contributed by atoms with Gasteiger partial charge in [0.15, 0.2) is 0 Å². The fraction of sp³-hybridized carbons (Fsp3) is 0.381. The van der Waals surface area contributed by atoms with Crippen LogP contribution >= 0.6 is 0 Å². The lowest BCUT2D eigenvalue weighted by Crippen LogP contribution is -2.21. The summed E-state index contributed by atoms with van der Waals surface area (Å²) in [4.78, 5) is 11.4. The van der Waals surface area contributed by atoms with Gasteiger partial charge in [0.2, 0.25) is 0 Å². The number of methoxy groups -OCH3 is 1. The van der Waals surface area contributed by atoms with Crippen LogP contribution in [0.1, 0.15) is 36.0 Å². The van der Waals surface area contributed by atoms with Gasteiger partial charge in [-0.05, 0) is 66.6 Å². The van der Waals surface area contributed by atoms with E-state index in [2.05, 4.69) is 12.1 Å². The second kappa shape index (κ2) is 6.10. The first-order chi connectivity index (χ1) is 12.1. The number of rotatable bonds is 5. The van der Waals surface area contributed by atoms with Gasteiger partial charge in [-0.1, -0.05) is 18.2 Å². The number of benzene rings is 2. The minimum atomic E-state index is -0.660. The third kappa shape index (κ3) is 2.86. The van der Waals surface area contributed by atoms with Gasteiger partial charge in [-0.15, -0.1) is 0 Å². The molecule has 1 saturated carbocycles. The van der Waals surface area contributed by atoms with Crippen molar-refractivity contribution in [2.45, 2.75) is 37.7 Å². The number of fused-ring (bicyclic) bond motifs is 2. The third-order valence-electron chi connectivity index (χ3n) is 5.62. The summed E-state index contributed by atoms with van der Waals surface area (Å²) in [6.07, 6.45) is 3.83. The summed E-state index contributed by atoms with van der Waals surface area (Å²) in [6.45, 7) is 0.506. The lowest BCUT2D eigenvalue weighted by Gasteiger charge is -2.26. The quantitative estimate of drug-likeness (QED) is 0.897. The number of carboxylic acids is 1. The zero-order valence-electron chi connectivity index (χ0n) is 14.3. The Bertz CT molecular complexity index is 796. The van der Waals surface area contributed by atoms with Gasteiger partial charge in [0.25, 0.3) is 0 Å². The summed E-state index contributed by atoms with van der Waals surface area (Å²) in [7, 11) is 1.65. The van der Waals surface area contributed by atoms with Crippen molar-refractivity contribution >= 4 is 5.97 Å². The Morgan fingerprint density at radius 3 is 2.64 bits per heavy atom. The number of aryl methyl sites for hydroxylation is 1. The van der Waals surface area contributed by atoms with E-state index in [1.54, 1.807) is 7.11 Å². The maximum Gasteiger partial charge on any atom is 0.307 e. The van der Waals surface area contributed by atoms with Gasteiger partial charge >= 0.3 is 5.97 Å². The SMILES string of the molecule is COc1ccc(COc2ccc3c(c2)CCCC32CC2C(=O)O)cc1. The molecule has 2 aliphatic carbocycles. The van der Waals surface area contributed by atoms with Crippen LogP contribution in [0.15, 0.2) is 42.5 Å². The normalized spacial score (nSPS) is 23.8. The number of carboxylic acid groups (broad SMARTS) is 1. The highest BCUT2D eigenvalue weighted by atomic mass is 16.5. The zero-order valence-corrected chi connectivity index (χ0v) is 14.3. The Balaban J connectivity index is 1.49. The van der Waals surface area contributed by atoms with Crippen LogP contribution in [0.5, 0.6) is 11.5 Å². The lowest BCUT2D eigenvalue weighted by atomic mass is 9.78. The van der Waals surface area contributed by atoms with Crippen molar-refractivity contribution in [1.82, 2.24) is 0 Å². The maximum absolute atomic E-state index is 11.4. The molecule has 1 fully saturated rings. The first kappa shape index (κ1) is 16.0. The van der Waals surface area contributed by atoms with E-state index in [4.69, 9.17) is 9.47 Å². The minimum Gasteiger partial charge on any atom is -0.497 e. The molecular weight excluding hydrogens is 316 g/mol. The molecule has 4 nitrogen and oxygen atoms in total. The van der Waals surface area contributed by atoms with E-state index in [0.29, 0.717) is 6.61 Å². The van der Waals surface area contributed by atoms with Crippen LogP contribution in [0, 0.1) is 5.92 Å². The molecule has 0 aliphatic heterocycles. The maximum atomic E-state index is 11.4. The molecule has 0 heterocycles. The third-order valence-corrected chi connectivity index (χ3v) is 5.62. The molecule has 0 aromatic heterocycles. The van der Waals surface area contributed by atoms with Crippen molar-refractivity contribution in [3.05, 3.63) is 59.2 Å². The predicted molar refractivity (Wildman–Crippen MR) is 94.1 cm³/mol. The van der Waals surface area contributed by atoms with Crippen LogP contribution in [0.3, 0.4) is 0 Å². The van der Waals surface area contributed by atoms with Crippen molar-refractivity contribution in [2.75, 3.05) is 7.11 Å². The summed E-state index contributed by atoms with van der Waals surface area (Å²) in [5.41, 5.74) is 3.45. The average Bonchev–Trinajstić information content (AvgIpc) is 3.35.